The minimum atomic E-state index is -2.36. The van der Waals surface area contributed by atoms with Gasteiger partial charge in [-0.2, -0.15) is 0 Å². The summed E-state index contributed by atoms with van der Waals surface area (Å²) in [5.74, 6) is 0. The van der Waals surface area contributed by atoms with Crippen LogP contribution in [-0.4, -0.2) is 16.0 Å². The molecule has 0 spiro atoms. The van der Waals surface area contributed by atoms with Crippen LogP contribution in [-0.2, 0) is 6.54 Å². The molecule has 14 heavy (non-hydrogen) atoms. The summed E-state index contributed by atoms with van der Waals surface area (Å²) in [5.41, 5.74) is 0.583. The highest BCUT2D eigenvalue weighted by atomic mass is 79.9. The van der Waals surface area contributed by atoms with Crippen molar-refractivity contribution in [2.45, 2.75) is 13.0 Å². The van der Waals surface area contributed by atoms with E-state index < -0.39 is 6.43 Å². The van der Waals surface area contributed by atoms with Gasteiger partial charge in [0.1, 0.15) is 5.65 Å². The maximum absolute atomic E-state index is 12.2. The monoisotopic (exact) mass is 260 g/mol. The maximum atomic E-state index is 12.2. The van der Waals surface area contributed by atoms with E-state index in [-0.39, 0.29) is 6.54 Å². The van der Waals surface area contributed by atoms with E-state index >= 15 is 0 Å². The van der Waals surface area contributed by atoms with Gasteiger partial charge in [-0.15, -0.1) is 0 Å². The first-order chi connectivity index (χ1) is 6.68. The van der Waals surface area contributed by atoms with Gasteiger partial charge in [0.2, 0.25) is 0 Å². The van der Waals surface area contributed by atoms with Crippen LogP contribution in [0, 0.1) is 0 Å². The molecule has 5 heteroatoms. The molecule has 0 amide bonds. The number of hydrogen-bond acceptors (Lipinski definition) is 1. The third-order valence-electron chi connectivity index (χ3n) is 1.94. The summed E-state index contributed by atoms with van der Waals surface area (Å²) >= 11 is 3.34. The topological polar surface area (TPSA) is 17.8 Å². The molecule has 0 aliphatic rings. The van der Waals surface area contributed by atoms with E-state index in [0.717, 1.165) is 9.86 Å². The summed E-state index contributed by atoms with van der Waals surface area (Å²) in [4.78, 5) is 4.05. The van der Waals surface area contributed by atoms with Gasteiger partial charge >= 0.3 is 0 Å². The van der Waals surface area contributed by atoms with Crippen LogP contribution in [0.2, 0.25) is 0 Å². The number of halogens is 3. The molecule has 0 saturated heterocycles. The van der Waals surface area contributed by atoms with Gasteiger partial charge in [0, 0.05) is 22.3 Å². The summed E-state index contributed by atoms with van der Waals surface area (Å²) < 4.78 is 26.7. The van der Waals surface area contributed by atoms with Crippen molar-refractivity contribution < 1.29 is 8.78 Å². The fourth-order valence-corrected chi connectivity index (χ4v) is 1.78. The van der Waals surface area contributed by atoms with Crippen LogP contribution in [0.1, 0.15) is 0 Å². The molecular weight excluding hydrogens is 254 g/mol. The minimum Gasteiger partial charge on any atom is -0.327 e. The summed E-state index contributed by atoms with van der Waals surface area (Å²) in [6.45, 7) is -0.313. The van der Waals surface area contributed by atoms with E-state index in [9.17, 15) is 8.78 Å². The second-order valence-corrected chi connectivity index (χ2v) is 3.74. The summed E-state index contributed by atoms with van der Waals surface area (Å²) in [7, 11) is 0. The minimum absolute atomic E-state index is 0.313. The lowest BCUT2D eigenvalue weighted by Gasteiger charge is -2.02. The summed E-state index contributed by atoms with van der Waals surface area (Å²) in [6, 6.07) is 3.56. The normalized spacial score (nSPS) is 11.4. The van der Waals surface area contributed by atoms with Gasteiger partial charge in [0.15, 0.2) is 0 Å². The SMILES string of the molecule is FC(F)Cn1ccc2c(Br)ccnc21. The van der Waals surface area contributed by atoms with Crippen LogP contribution >= 0.6 is 15.9 Å². The Hall–Kier alpha value is -0.970. The van der Waals surface area contributed by atoms with Gasteiger partial charge in [0.25, 0.3) is 6.43 Å². The fourth-order valence-electron chi connectivity index (χ4n) is 1.35. The highest BCUT2D eigenvalue weighted by Crippen LogP contribution is 2.23. The molecule has 74 valence electrons. The van der Waals surface area contributed by atoms with Gasteiger partial charge in [-0.3, -0.25) is 0 Å². The zero-order valence-corrected chi connectivity index (χ0v) is 8.71. The lowest BCUT2D eigenvalue weighted by molar-refractivity contribution is 0.128. The van der Waals surface area contributed by atoms with E-state index in [1.165, 1.54) is 4.57 Å². The quantitative estimate of drug-likeness (QED) is 0.812. The molecule has 2 rings (SSSR count). The summed E-state index contributed by atoms with van der Waals surface area (Å²) in [6.07, 6.45) is 0.856. The van der Waals surface area contributed by atoms with E-state index in [0.29, 0.717) is 5.65 Å². The molecule has 0 N–H and O–H groups in total. The molecule has 2 aromatic heterocycles. The van der Waals surface area contributed by atoms with E-state index in [4.69, 9.17) is 0 Å². The number of alkyl halides is 2. The Morgan fingerprint density at radius 1 is 1.43 bits per heavy atom. The Bertz CT molecular complexity index is 453. The predicted octanol–water partition coefficient (Wildman–Crippen LogP) is 3.06. The average Bonchev–Trinajstić information content (AvgIpc) is 2.49. The fraction of sp³-hybridized carbons (Fsp3) is 0.222. The molecule has 0 unspecified atom stereocenters. The lowest BCUT2D eigenvalue weighted by atomic mass is 10.3. The third kappa shape index (κ3) is 1.64. The molecule has 0 radical (unpaired) electrons. The predicted molar refractivity (Wildman–Crippen MR) is 53.4 cm³/mol. The Kier molecular flexibility index (Phi) is 2.50. The molecule has 0 bridgehead atoms. The summed E-state index contributed by atoms with van der Waals surface area (Å²) in [5, 5.41) is 0.855. The van der Waals surface area contributed by atoms with Gasteiger partial charge in [0.05, 0.1) is 6.54 Å². The van der Waals surface area contributed by atoms with Crippen LogP contribution in [0.25, 0.3) is 11.0 Å². The van der Waals surface area contributed by atoms with Crippen molar-refractivity contribution in [1.29, 1.82) is 0 Å². The molecule has 2 aromatic rings. The first-order valence-electron chi connectivity index (χ1n) is 4.06. The Balaban J connectivity index is 2.52. The highest BCUT2D eigenvalue weighted by molar-refractivity contribution is 9.10. The number of fused-ring (bicyclic) bond motifs is 1. The molecule has 0 aliphatic heterocycles. The van der Waals surface area contributed by atoms with Crippen molar-refractivity contribution in [3.63, 3.8) is 0 Å². The molecule has 0 fully saturated rings. The van der Waals surface area contributed by atoms with Crippen molar-refractivity contribution in [1.82, 2.24) is 9.55 Å². The second kappa shape index (κ2) is 3.65. The number of aromatic nitrogens is 2. The second-order valence-electron chi connectivity index (χ2n) is 2.89. The number of hydrogen-bond donors (Lipinski definition) is 0. The van der Waals surface area contributed by atoms with E-state index in [1.807, 2.05) is 0 Å². The van der Waals surface area contributed by atoms with Crippen LogP contribution in [0.5, 0.6) is 0 Å². The van der Waals surface area contributed by atoms with Gasteiger partial charge in [-0.05, 0) is 28.1 Å². The van der Waals surface area contributed by atoms with E-state index in [1.54, 1.807) is 24.5 Å². The van der Waals surface area contributed by atoms with Crippen LogP contribution in [0.4, 0.5) is 8.78 Å². The number of pyridine rings is 1. The zero-order chi connectivity index (χ0) is 10.1. The zero-order valence-electron chi connectivity index (χ0n) is 7.12. The third-order valence-corrected chi connectivity index (χ3v) is 2.64. The van der Waals surface area contributed by atoms with Crippen molar-refractivity contribution in [2.75, 3.05) is 0 Å². The number of rotatable bonds is 2. The Morgan fingerprint density at radius 3 is 2.93 bits per heavy atom. The van der Waals surface area contributed by atoms with Crippen molar-refractivity contribution >= 4 is 27.0 Å². The Morgan fingerprint density at radius 2 is 2.21 bits per heavy atom. The van der Waals surface area contributed by atoms with Crippen molar-refractivity contribution in [2.24, 2.45) is 0 Å². The molecule has 0 atom stereocenters. The van der Waals surface area contributed by atoms with Crippen molar-refractivity contribution in [3.8, 4) is 0 Å². The number of nitrogens with zero attached hydrogens (tertiary/aromatic N) is 2. The van der Waals surface area contributed by atoms with Gasteiger partial charge < -0.3 is 4.57 Å². The van der Waals surface area contributed by atoms with E-state index in [2.05, 4.69) is 20.9 Å². The molecular formula is C9H7BrF2N2. The van der Waals surface area contributed by atoms with Crippen molar-refractivity contribution in [3.05, 3.63) is 29.0 Å². The highest BCUT2D eigenvalue weighted by Gasteiger charge is 2.09. The van der Waals surface area contributed by atoms with Gasteiger partial charge in [-0.1, -0.05) is 0 Å². The maximum Gasteiger partial charge on any atom is 0.256 e. The molecule has 2 nitrogen and oxygen atoms in total. The smallest absolute Gasteiger partial charge is 0.256 e. The largest absolute Gasteiger partial charge is 0.327 e. The standard InChI is InChI=1S/C9H7BrF2N2/c10-7-1-3-13-9-6(7)2-4-14(9)5-8(11)12/h1-4,8H,5H2. The Labute approximate surface area is 87.7 Å². The van der Waals surface area contributed by atoms with Crippen LogP contribution in [0.15, 0.2) is 29.0 Å². The lowest BCUT2D eigenvalue weighted by Crippen LogP contribution is -2.05. The molecule has 2 heterocycles. The van der Waals surface area contributed by atoms with Gasteiger partial charge in [-0.25, -0.2) is 13.8 Å². The van der Waals surface area contributed by atoms with Crippen LogP contribution in [0.3, 0.4) is 0 Å². The first-order valence-corrected chi connectivity index (χ1v) is 4.85. The van der Waals surface area contributed by atoms with Crippen LogP contribution < -0.4 is 0 Å². The average molecular weight is 261 g/mol. The molecule has 0 aromatic carbocycles. The molecule has 0 saturated carbocycles. The molecule has 0 aliphatic carbocycles. The first kappa shape index (κ1) is 9.58.